The summed E-state index contributed by atoms with van der Waals surface area (Å²) < 4.78 is 4.86. The fourth-order valence-electron chi connectivity index (χ4n) is 8.14. The number of fused-ring (bicyclic) bond motifs is 4. The van der Waals surface area contributed by atoms with E-state index in [4.69, 9.17) is 0 Å². The predicted octanol–water partition coefficient (Wildman–Crippen LogP) is 14.4. The van der Waals surface area contributed by atoms with Gasteiger partial charge in [-0.05, 0) is 103 Å². The van der Waals surface area contributed by atoms with Crippen LogP contribution in [0.25, 0.3) is 73.7 Å². The summed E-state index contributed by atoms with van der Waals surface area (Å²) in [6.45, 7) is 14.9. The number of aromatic nitrogens is 2. The van der Waals surface area contributed by atoms with Crippen molar-refractivity contribution >= 4 is 51.2 Å². The Labute approximate surface area is 325 Å². The second kappa shape index (κ2) is 15.4. The van der Waals surface area contributed by atoms with Crippen LogP contribution >= 0.6 is 0 Å². The summed E-state index contributed by atoms with van der Waals surface area (Å²) >= 11 is 0. The summed E-state index contributed by atoms with van der Waals surface area (Å²) in [6.07, 6.45) is 23.4. The Balaban J connectivity index is 1.34. The molecule has 2 nitrogen and oxygen atoms in total. The number of rotatable bonds is 10. The molecular weight excluding hydrogens is 665 g/mol. The lowest BCUT2D eigenvalue weighted by Gasteiger charge is -2.15. The van der Waals surface area contributed by atoms with Gasteiger partial charge >= 0.3 is 0 Å². The molecule has 0 spiro atoms. The standard InChI is InChI=1S/C53H46N2/c1-6-19-40(20-7-2)42-29-31-44(32-30-42)55-52-27-15-11-14-23-47(52)49-26-18-25-46(53(49)55)39(9-4)36-50-37(5)54(51-28-17-16-24-48(50)51)45-34-38(8-3)33-43(35-45)41-21-12-10-13-22-41/h6-7,9-10,12-36H,1,4,8,11H2,2-3,5H3/b20-7-,39-36+,40-19+. The van der Waals surface area contributed by atoms with Gasteiger partial charge in [0.2, 0.25) is 0 Å². The summed E-state index contributed by atoms with van der Waals surface area (Å²) in [7, 11) is 0. The Morgan fingerprint density at radius 1 is 0.727 bits per heavy atom. The average molecular weight is 711 g/mol. The van der Waals surface area contributed by atoms with Crippen LogP contribution in [0.3, 0.4) is 0 Å². The van der Waals surface area contributed by atoms with Gasteiger partial charge in [0.25, 0.3) is 0 Å². The van der Waals surface area contributed by atoms with Crippen molar-refractivity contribution < 1.29 is 0 Å². The van der Waals surface area contributed by atoms with Crippen LogP contribution in [0.4, 0.5) is 0 Å². The molecule has 0 atom stereocenters. The third-order valence-electron chi connectivity index (χ3n) is 10.7. The van der Waals surface area contributed by atoms with Gasteiger partial charge in [-0.15, -0.1) is 0 Å². The van der Waals surface area contributed by atoms with Crippen molar-refractivity contribution in [2.45, 2.75) is 33.6 Å². The molecule has 0 bridgehead atoms. The molecule has 0 aliphatic heterocycles. The van der Waals surface area contributed by atoms with Crippen LogP contribution in [0.5, 0.6) is 0 Å². The number of benzene rings is 5. The summed E-state index contributed by atoms with van der Waals surface area (Å²) in [6, 6.07) is 42.0. The molecular formula is C53H46N2. The molecule has 8 rings (SSSR count). The average Bonchev–Trinajstić information content (AvgIpc) is 3.56. The lowest BCUT2D eigenvalue weighted by atomic mass is 9.98. The molecule has 1 aliphatic carbocycles. The fourth-order valence-corrected chi connectivity index (χ4v) is 8.14. The van der Waals surface area contributed by atoms with E-state index < -0.39 is 0 Å². The Morgan fingerprint density at radius 3 is 2.25 bits per heavy atom. The minimum atomic E-state index is 0.906. The molecule has 2 heteroatoms. The maximum Gasteiger partial charge on any atom is 0.0619 e. The summed E-state index contributed by atoms with van der Waals surface area (Å²) in [5.41, 5.74) is 17.7. The lowest BCUT2D eigenvalue weighted by molar-refractivity contribution is 1.04. The van der Waals surface area contributed by atoms with Crippen LogP contribution in [0.1, 0.15) is 59.5 Å². The molecule has 0 fully saturated rings. The monoisotopic (exact) mass is 710 g/mol. The van der Waals surface area contributed by atoms with E-state index in [0.29, 0.717) is 0 Å². The van der Waals surface area contributed by atoms with Gasteiger partial charge in [-0.3, -0.25) is 0 Å². The third kappa shape index (κ3) is 6.51. The molecule has 0 radical (unpaired) electrons. The largest absolute Gasteiger partial charge is 0.313 e. The van der Waals surface area contributed by atoms with E-state index >= 15 is 0 Å². The van der Waals surface area contributed by atoms with Gasteiger partial charge in [0, 0.05) is 44.5 Å². The zero-order valence-electron chi connectivity index (χ0n) is 32.0. The van der Waals surface area contributed by atoms with Gasteiger partial charge in [-0.1, -0.05) is 154 Å². The van der Waals surface area contributed by atoms with Gasteiger partial charge < -0.3 is 9.13 Å². The first-order valence-corrected chi connectivity index (χ1v) is 19.3. The number of hydrogen-bond acceptors (Lipinski definition) is 0. The SMILES string of the molecule is C=C/C=C(\C=C/C)c1ccc(-n2c3c(c4cccc(/C(C=C)=C/c5c(C)n(-c6cc(CC)cc(-c7ccccc7)c6)c6ccccc56)c42)C=CCC=C3)cc1. The molecule has 0 saturated heterocycles. The first-order valence-electron chi connectivity index (χ1n) is 19.3. The number of allylic oxidation sites excluding steroid dienone is 9. The zero-order chi connectivity index (χ0) is 37.9. The van der Waals surface area contributed by atoms with E-state index in [1.807, 2.05) is 19.1 Å². The van der Waals surface area contributed by atoms with Crippen LogP contribution in [0.15, 0.2) is 171 Å². The van der Waals surface area contributed by atoms with Crippen molar-refractivity contribution in [2.24, 2.45) is 0 Å². The zero-order valence-corrected chi connectivity index (χ0v) is 32.0. The quantitative estimate of drug-likeness (QED) is 0.125. The summed E-state index contributed by atoms with van der Waals surface area (Å²) in [5, 5.41) is 2.43. The summed E-state index contributed by atoms with van der Waals surface area (Å²) in [5.74, 6) is 0. The molecule has 7 aromatic rings. The molecule has 55 heavy (non-hydrogen) atoms. The number of nitrogens with zero attached hydrogens (tertiary/aromatic N) is 2. The van der Waals surface area contributed by atoms with Crippen molar-refractivity contribution in [3.8, 4) is 22.5 Å². The highest BCUT2D eigenvalue weighted by Crippen LogP contribution is 2.40. The van der Waals surface area contributed by atoms with Crippen molar-refractivity contribution in [1.82, 2.24) is 9.13 Å². The molecule has 2 heterocycles. The Hall–Kier alpha value is -6.64. The Bertz CT molecular complexity index is 2730. The minimum Gasteiger partial charge on any atom is -0.313 e. The van der Waals surface area contributed by atoms with Crippen LogP contribution < -0.4 is 0 Å². The van der Waals surface area contributed by atoms with E-state index in [1.54, 1.807) is 0 Å². The highest BCUT2D eigenvalue weighted by molar-refractivity contribution is 6.07. The third-order valence-corrected chi connectivity index (χ3v) is 10.7. The molecule has 1 aliphatic rings. The first-order chi connectivity index (χ1) is 27.0. The topological polar surface area (TPSA) is 9.86 Å². The minimum absolute atomic E-state index is 0.906. The molecule has 0 N–H and O–H groups in total. The molecule has 0 unspecified atom stereocenters. The Kier molecular flexibility index (Phi) is 9.90. The smallest absolute Gasteiger partial charge is 0.0619 e. The summed E-state index contributed by atoms with van der Waals surface area (Å²) in [4.78, 5) is 0. The maximum atomic E-state index is 4.42. The van der Waals surface area contributed by atoms with E-state index in [2.05, 4.69) is 200 Å². The van der Waals surface area contributed by atoms with E-state index in [1.165, 1.54) is 66.7 Å². The van der Waals surface area contributed by atoms with Crippen LogP contribution in [-0.2, 0) is 6.42 Å². The molecule has 0 amide bonds. The van der Waals surface area contributed by atoms with Crippen LogP contribution in [0, 0.1) is 6.92 Å². The lowest BCUT2D eigenvalue weighted by Crippen LogP contribution is -2.00. The first kappa shape index (κ1) is 35.4. The van der Waals surface area contributed by atoms with Crippen LogP contribution in [0.2, 0.25) is 0 Å². The molecule has 0 saturated carbocycles. The molecule has 5 aromatic carbocycles. The number of aryl methyl sites for hydroxylation is 1. The fraction of sp³-hybridized carbons (Fsp3) is 0.0943. The van der Waals surface area contributed by atoms with Gasteiger partial charge in [0.05, 0.1) is 16.7 Å². The van der Waals surface area contributed by atoms with Gasteiger partial charge in [-0.2, -0.15) is 0 Å². The van der Waals surface area contributed by atoms with Crippen molar-refractivity contribution in [2.75, 3.05) is 0 Å². The number of para-hydroxylation sites is 2. The second-order valence-electron chi connectivity index (χ2n) is 14.0. The van der Waals surface area contributed by atoms with Gasteiger partial charge in [-0.25, -0.2) is 0 Å². The van der Waals surface area contributed by atoms with E-state index in [-0.39, 0.29) is 0 Å². The van der Waals surface area contributed by atoms with Crippen molar-refractivity contribution in [3.05, 3.63) is 210 Å². The highest BCUT2D eigenvalue weighted by atomic mass is 15.0. The van der Waals surface area contributed by atoms with Crippen molar-refractivity contribution in [3.63, 3.8) is 0 Å². The predicted molar refractivity (Wildman–Crippen MR) is 240 cm³/mol. The van der Waals surface area contributed by atoms with E-state index in [9.17, 15) is 0 Å². The normalized spacial score (nSPS) is 13.1. The van der Waals surface area contributed by atoms with Gasteiger partial charge in [0.15, 0.2) is 0 Å². The van der Waals surface area contributed by atoms with Gasteiger partial charge in [0.1, 0.15) is 0 Å². The maximum absolute atomic E-state index is 4.42. The molecule has 2 aromatic heterocycles. The van der Waals surface area contributed by atoms with Crippen molar-refractivity contribution in [1.29, 1.82) is 0 Å². The Morgan fingerprint density at radius 2 is 1.49 bits per heavy atom. The molecule has 268 valence electrons. The number of hydrogen-bond donors (Lipinski definition) is 0. The van der Waals surface area contributed by atoms with E-state index in [0.717, 1.165) is 40.8 Å². The van der Waals surface area contributed by atoms with Crippen LogP contribution in [-0.4, -0.2) is 9.13 Å². The highest BCUT2D eigenvalue weighted by Gasteiger charge is 2.21. The second-order valence-corrected chi connectivity index (χ2v) is 14.0.